The predicted octanol–water partition coefficient (Wildman–Crippen LogP) is 7.11. The third-order valence-electron chi connectivity index (χ3n) is 4.57. The van der Waals surface area contributed by atoms with Gasteiger partial charge in [0.25, 0.3) is 0 Å². The second-order valence-corrected chi connectivity index (χ2v) is 7.84. The SMILES string of the molecule is CCCCCCCCCCCCCCC(Br)c1ccc(O)cc1.[SH3+]. The first kappa shape index (κ1) is 23.9. The van der Waals surface area contributed by atoms with Crippen molar-refractivity contribution in [3.63, 3.8) is 0 Å². The van der Waals surface area contributed by atoms with Gasteiger partial charge in [-0.15, -0.1) is 0 Å². The first-order chi connectivity index (χ1) is 11.2. The molecule has 0 amide bonds. The Morgan fingerprint density at radius 1 is 0.750 bits per heavy atom. The zero-order chi connectivity index (χ0) is 16.8. The van der Waals surface area contributed by atoms with Gasteiger partial charge in [-0.1, -0.05) is 126 Å². The molecule has 1 unspecified atom stereocenters. The third kappa shape index (κ3) is 12.2. The molecule has 1 aromatic carbocycles. The van der Waals surface area contributed by atoms with Crippen molar-refractivity contribution in [2.45, 2.75) is 95.2 Å². The fraction of sp³-hybridized carbons (Fsp3) is 0.714. The van der Waals surface area contributed by atoms with Crippen LogP contribution in [0.2, 0.25) is 0 Å². The Balaban J connectivity index is 0.00000529. The van der Waals surface area contributed by atoms with Crippen LogP contribution >= 0.6 is 15.9 Å². The average Bonchev–Trinajstić information content (AvgIpc) is 2.56. The zero-order valence-corrected chi connectivity index (χ0v) is 18.2. The first-order valence-electron chi connectivity index (χ1n) is 9.67. The van der Waals surface area contributed by atoms with E-state index in [1.165, 1.54) is 89.0 Å². The molecule has 0 saturated heterocycles. The maximum Gasteiger partial charge on any atom is 0.115 e. The van der Waals surface area contributed by atoms with E-state index in [0.29, 0.717) is 10.6 Å². The fourth-order valence-electron chi connectivity index (χ4n) is 3.01. The fourth-order valence-corrected chi connectivity index (χ4v) is 3.64. The Bertz CT molecular complexity index is 380. The topological polar surface area (TPSA) is 20.2 Å². The van der Waals surface area contributed by atoms with Gasteiger partial charge in [-0.3, -0.25) is 0 Å². The van der Waals surface area contributed by atoms with Gasteiger partial charge in [0.1, 0.15) is 5.75 Å². The van der Waals surface area contributed by atoms with Crippen molar-refractivity contribution in [3.05, 3.63) is 29.8 Å². The average molecular weight is 419 g/mol. The highest BCUT2D eigenvalue weighted by Gasteiger charge is 2.06. The van der Waals surface area contributed by atoms with Gasteiger partial charge in [0, 0.05) is 4.83 Å². The lowest BCUT2D eigenvalue weighted by Crippen LogP contribution is -1.90. The molecule has 0 aliphatic carbocycles. The van der Waals surface area contributed by atoms with Crippen LogP contribution in [0.4, 0.5) is 0 Å². The van der Waals surface area contributed by atoms with Gasteiger partial charge >= 0.3 is 0 Å². The summed E-state index contributed by atoms with van der Waals surface area (Å²) in [5.74, 6) is 0.346. The molecule has 24 heavy (non-hydrogen) atoms. The van der Waals surface area contributed by atoms with Crippen LogP contribution < -0.4 is 0 Å². The number of phenolic OH excluding ortho intramolecular Hbond substituents is 1. The van der Waals surface area contributed by atoms with Crippen molar-refractivity contribution < 1.29 is 5.11 Å². The molecule has 0 spiro atoms. The van der Waals surface area contributed by atoms with Crippen molar-refractivity contribution in [1.29, 1.82) is 0 Å². The van der Waals surface area contributed by atoms with E-state index in [-0.39, 0.29) is 13.5 Å². The number of hydrogen-bond acceptors (Lipinski definition) is 1. The van der Waals surface area contributed by atoms with E-state index in [2.05, 4.69) is 22.9 Å². The molecule has 1 N–H and O–H groups in total. The van der Waals surface area contributed by atoms with Gasteiger partial charge in [0.15, 0.2) is 0 Å². The van der Waals surface area contributed by atoms with E-state index in [1.54, 1.807) is 12.1 Å². The number of unbranched alkanes of at least 4 members (excludes halogenated alkanes) is 11. The summed E-state index contributed by atoms with van der Waals surface area (Å²) < 4.78 is 0. The summed E-state index contributed by atoms with van der Waals surface area (Å²) in [6, 6.07) is 7.56. The van der Waals surface area contributed by atoms with Gasteiger partial charge < -0.3 is 5.11 Å². The molecule has 0 aliphatic heterocycles. The molecular weight excluding hydrogens is 380 g/mol. The maximum absolute atomic E-state index is 9.31. The Morgan fingerprint density at radius 3 is 1.62 bits per heavy atom. The number of aromatic hydroxyl groups is 1. The summed E-state index contributed by atoms with van der Waals surface area (Å²) in [6.07, 6.45) is 18.0. The van der Waals surface area contributed by atoms with Gasteiger partial charge in [-0.05, 0) is 24.1 Å². The van der Waals surface area contributed by atoms with Crippen LogP contribution in [0, 0.1) is 0 Å². The molecule has 1 nitrogen and oxygen atoms in total. The molecule has 0 fully saturated rings. The van der Waals surface area contributed by atoms with Crippen molar-refractivity contribution >= 4 is 29.4 Å². The summed E-state index contributed by atoms with van der Waals surface area (Å²) >= 11 is 3.76. The van der Waals surface area contributed by atoms with E-state index >= 15 is 0 Å². The van der Waals surface area contributed by atoms with Gasteiger partial charge in [-0.2, -0.15) is 0 Å². The lowest BCUT2D eigenvalue weighted by atomic mass is 10.0. The number of phenols is 1. The van der Waals surface area contributed by atoms with Crippen LogP contribution in [0.5, 0.6) is 5.75 Å². The number of benzene rings is 1. The van der Waals surface area contributed by atoms with E-state index in [1.807, 2.05) is 12.1 Å². The van der Waals surface area contributed by atoms with Gasteiger partial charge in [0.2, 0.25) is 0 Å². The molecule has 0 aliphatic rings. The number of alkyl halides is 1. The van der Waals surface area contributed by atoms with Crippen LogP contribution in [0.3, 0.4) is 0 Å². The lowest BCUT2D eigenvalue weighted by molar-refractivity contribution is 0.475. The van der Waals surface area contributed by atoms with E-state index in [9.17, 15) is 5.11 Å². The second-order valence-electron chi connectivity index (χ2n) is 6.74. The van der Waals surface area contributed by atoms with Gasteiger partial charge in [-0.25, -0.2) is 0 Å². The number of rotatable bonds is 14. The molecule has 140 valence electrons. The molecule has 0 radical (unpaired) electrons. The Kier molecular flexibility index (Phi) is 16.2. The molecule has 0 saturated carbocycles. The van der Waals surface area contributed by atoms with Crippen LogP contribution in [0.1, 0.15) is 101 Å². The minimum absolute atomic E-state index is 0. The predicted molar refractivity (Wildman–Crippen MR) is 117 cm³/mol. The quantitative estimate of drug-likeness (QED) is 0.194. The van der Waals surface area contributed by atoms with Crippen molar-refractivity contribution in [1.82, 2.24) is 0 Å². The van der Waals surface area contributed by atoms with E-state index in [4.69, 9.17) is 0 Å². The Hall–Kier alpha value is -0.150. The van der Waals surface area contributed by atoms with Crippen molar-refractivity contribution in [3.8, 4) is 5.75 Å². The molecule has 1 atom stereocenters. The summed E-state index contributed by atoms with van der Waals surface area (Å²) in [5, 5.41) is 9.31. The molecule has 0 aromatic heterocycles. The van der Waals surface area contributed by atoms with Crippen molar-refractivity contribution in [2.24, 2.45) is 0 Å². The molecule has 1 aromatic rings. The molecule has 0 bridgehead atoms. The summed E-state index contributed by atoms with van der Waals surface area (Å²) in [7, 11) is 0. The standard InChI is InChI=1S/C21H35BrO.H2S/c1-2-3-4-5-6-7-8-9-10-11-12-13-14-21(22)19-15-17-20(23)18-16-19;/h15-18,21,23H,2-14H2,1H3;1H2/p+1. The van der Waals surface area contributed by atoms with Crippen LogP contribution in [-0.2, 0) is 13.5 Å². The smallest absolute Gasteiger partial charge is 0.115 e. The first-order valence-corrected chi connectivity index (χ1v) is 10.6. The highest BCUT2D eigenvalue weighted by atomic mass is 79.9. The van der Waals surface area contributed by atoms with Crippen LogP contribution in [-0.4, -0.2) is 5.11 Å². The summed E-state index contributed by atoms with van der Waals surface area (Å²) in [5.41, 5.74) is 1.27. The second kappa shape index (κ2) is 16.3. The highest BCUT2D eigenvalue weighted by molar-refractivity contribution is 9.09. The molecular formula is C21H38BrOS+. The zero-order valence-electron chi connectivity index (χ0n) is 15.5. The molecule has 3 heteroatoms. The summed E-state index contributed by atoms with van der Waals surface area (Å²) in [6.45, 7) is 2.28. The van der Waals surface area contributed by atoms with Crippen LogP contribution in [0.15, 0.2) is 24.3 Å². The van der Waals surface area contributed by atoms with Crippen LogP contribution in [0.25, 0.3) is 0 Å². The number of hydrogen-bond donors (Lipinski definition) is 1. The van der Waals surface area contributed by atoms with E-state index < -0.39 is 0 Å². The monoisotopic (exact) mass is 417 g/mol. The molecule has 1 rings (SSSR count). The normalized spacial score (nSPS) is 11.9. The van der Waals surface area contributed by atoms with Crippen molar-refractivity contribution in [2.75, 3.05) is 0 Å². The highest BCUT2D eigenvalue weighted by Crippen LogP contribution is 2.29. The summed E-state index contributed by atoms with van der Waals surface area (Å²) in [4.78, 5) is 0.422. The molecule has 0 heterocycles. The minimum atomic E-state index is 0. The lowest BCUT2D eigenvalue weighted by Gasteiger charge is -2.10. The minimum Gasteiger partial charge on any atom is -0.508 e. The Labute approximate surface area is 165 Å². The van der Waals surface area contributed by atoms with E-state index in [0.717, 1.165) is 0 Å². The largest absolute Gasteiger partial charge is 0.508 e. The third-order valence-corrected chi connectivity index (χ3v) is 5.55. The Morgan fingerprint density at radius 2 is 1.17 bits per heavy atom. The van der Waals surface area contributed by atoms with Gasteiger partial charge in [0.05, 0.1) is 0 Å². The maximum atomic E-state index is 9.31. The number of halogens is 1.